The van der Waals surface area contributed by atoms with Gasteiger partial charge in [-0.15, -0.1) is 0 Å². The second-order valence-electron chi connectivity index (χ2n) is 8.72. The molecule has 36 heavy (non-hydrogen) atoms. The molecule has 1 aliphatic rings. The summed E-state index contributed by atoms with van der Waals surface area (Å²) in [4.78, 5) is 30.1. The van der Waals surface area contributed by atoms with Gasteiger partial charge in [0.15, 0.2) is 17.6 Å². The van der Waals surface area contributed by atoms with Crippen LogP contribution in [0.1, 0.15) is 63.3 Å². The van der Waals surface area contributed by atoms with Crippen molar-refractivity contribution in [1.29, 1.82) is 0 Å². The van der Waals surface area contributed by atoms with Gasteiger partial charge in [0.1, 0.15) is 5.82 Å². The molecular weight excluding hydrogens is 526 g/mol. The molecule has 1 aromatic heterocycles. The molecule has 1 atom stereocenters. The van der Waals surface area contributed by atoms with Gasteiger partial charge in [-0.3, -0.25) is 4.79 Å². The zero-order valence-corrected chi connectivity index (χ0v) is 22.3. The number of ether oxygens (including phenoxy) is 3. The third-order valence-corrected chi connectivity index (χ3v) is 6.95. The minimum absolute atomic E-state index is 0.186. The molecule has 0 N–H and O–H groups in total. The van der Waals surface area contributed by atoms with Gasteiger partial charge < -0.3 is 14.2 Å². The molecule has 8 nitrogen and oxygen atoms in total. The monoisotopic (exact) mass is 555 g/mol. The second kappa shape index (κ2) is 11.7. The molecule has 0 radical (unpaired) electrons. The Morgan fingerprint density at radius 2 is 1.97 bits per heavy atom. The van der Waals surface area contributed by atoms with E-state index in [4.69, 9.17) is 19.2 Å². The first-order chi connectivity index (χ1) is 17.4. The fourth-order valence-electron chi connectivity index (χ4n) is 4.41. The Morgan fingerprint density at radius 3 is 2.69 bits per heavy atom. The van der Waals surface area contributed by atoms with Crippen molar-refractivity contribution in [3.63, 3.8) is 0 Å². The molecule has 0 amide bonds. The van der Waals surface area contributed by atoms with Crippen molar-refractivity contribution in [2.45, 2.75) is 58.0 Å². The number of fused-ring (bicyclic) bond motifs is 1. The molecule has 1 saturated carbocycles. The highest BCUT2D eigenvalue weighted by atomic mass is 79.9. The molecule has 0 saturated heterocycles. The lowest BCUT2D eigenvalue weighted by Crippen LogP contribution is -2.25. The Labute approximate surface area is 218 Å². The molecule has 0 spiro atoms. The number of nitrogens with zero attached hydrogens (tertiary/aromatic N) is 3. The number of methoxy groups -OCH3 is 1. The van der Waals surface area contributed by atoms with Gasteiger partial charge in [0.05, 0.1) is 30.8 Å². The van der Waals surface area contributed by atoms with E-state index in [0.29, 0.717) is 44.9 Å². The smallest absolute Gasteiger partial charge is 0.346 e. The Hall–Kier alpha value is -3.20. The summed E-state index contributed by atoms with van der Waals surface area (Å²) < 4.78 is 18.4. The average Bonchev–Trinajstić information content (AvgIpc) is 2.90. The molecule has 190 valence electrons. The average molecular weight is 556 g/mol. The van der Waals surface area contributed by atoms with E-state index in [1.165, 1.54) is 18.2 Å². The molecule has 2 aromatic carbocycles. The van der Waals surface area contributed by atoms with Crippen LogP contribution in [0, 0.1) is 0 Å². The Balaban J connectivity index is 1.75. The van der Waals surface area contributed by atoms with Crippen molar-refractivity contribution in [1.82, 2.24) is 9.66 Å². The fourth-order valence-corrected chi connectivity index (χ4v) is 4.84. The van der Waals surface area contributed by atoms with Crippen molar-refractivity contribution < 1.29 is 19.0 Å². The number of halogens is 1. The van der Waals surface area contributed by atoms with Gasteiger partial charge in [-0.25, -0.2) is 9.78 Å². The maximum Gasteiger partial charge on any atom is 0.346 e. The SMILES string of the molecule is CCOc1cc(C=Nn2c(C3CCCCC3)nc3ccccc3c2=O)c(Br)cc1O[C@H](C)C(=O)OC. The molecule has 0 unspecified atom stereocenters. The number of carbonyl (C=O) groups is 1. The van der Waals surface area contributed by atoms with Crippen LogP contribution in [0.25, 0.3) is 10.9 Å². The summed E-state index contributed by atoms with van der Waals surface area (Å²) in [5.74, 6) is 1.24. The molecule has 1 fully saturated rings. The molecule has 9 heteroatoms. The van der Waals surface area contributed by atoms with Gasteiger partial charge in [-0.2, -0.15) is 9.78 Å². The minimum atomic E-state index is -0.805. The van der Waals surface area contributed by atoms with Gasteiger partial charge in [0, 0.05) is 16.0 Å². The van der Waals surface area contributed by atoms with Crippen molar-refractivity contribution >= 4 is 39.0 Å². The van der Waals surface area contributed by atoms with Crippen LogP contribution >= 0.6 is 15.9 Å². The molecule has 3 aromatic rings. The molecule has 4 rings (SSSR count). The number of para-hydroxylation sites is 1. The number of benzene rings is 2. The number of esters is 1. The van der Waals surface area contributed by atoms with Gasteiger partial charge in [-0.1, -0.05) is 31.4 Å². The summed E-state index contributed by atoms with van der Waals surface area (Å²) in [6.07, 6.45) is 6.22. The van der Waals surface area contributed by atoms with Crippen LogP contribution in [-0.2, 0) is 9.53 Å². The Bertz CT molecular complexity index is 1330. The molecule has 1 heterocycles. The predicted octanol–water partition coefficient (Wildman–Crippen LogP) is 5.43. The van der Waals surface area contributed by atoms with E-state index in [1.807, 2.05) is 25.1 Å². The summed E-state index contributed by atoms with van der Waals surface area (Å²) in [6, 6.07) is 10.9. The Morgan fingerprint density at radius 1 is 1.22 bits per heavy atom. The number of rotatable bonds is 8. The minimum Gasteiger partial charge on any atom is -0.490 e. The highest BCUT2D eigenvalue weighted by Gasteiger charge is 2.23. The number of carbonyl (C=O) groups excluding carboxylic acids is 1. The lowest BCUT2D eigenvalue weighted by molar-refractivity contribution is -0.147. The van der Waals surface area contributed by atoms with E-state index < -0.39 is 12.1 Å². The zero-order valence-electron chi connectivity index (χ0n) is 20.7. The molecular formula is C27H30BrN3O5. The summed E-state index contributed by atoms with van der Waals surface area (Å²) in [5.41, 5.74) is 1.19. The third kappa shape index (κ3) is 5.61. The largest absolute Gasteiger partial charge is 0.490 e. The van der Waals surface area contributed by atoms with Crippen LogP contribution in [0.2, 0.25) is 0 Å². The van der Waals surface area contributed by atoms with E-state index in [1.54, 1.807) is 31.3 Å². The molecule has 0 aliphatic heterocycles. The van der Waals surface area contributed by atoms with E-state index in [-0.39, 0.29) is 11.5 Å². The Kier molecular flexibility index (Phi) is 8.40. The van der Waals surface area contributed by atoms with Crippen molar-refractivity contribution in [2.75, 3.05) is 13.7 Å². The van der Waals surface area contributed by atoms with E-state index >= 15 is 0 Å². The van der Waals surface area contributed by atoms with Crippen molar-refractivity contribution in [2.24, 2.45) is 5.10 Å². The van der Waals surface area contributed by atoms with E-state index in [0.717, 1.165) is 25.7 Å². The second-order valence-corrected chi connectivity index (χ2v) is 9.57. The van der Waals surface area contributed by atoms with Gasteiger partial charge in [0.25, 0.3) is 5.56 Å². The number of hydrogen-bond donors (Lipinski definition) is 0. The van der Waals surface area contributed by atoms with E-state index in [2.05, 4.69) is 21.0 Å². The van der Waals surface area contributed by atoms with E-state index in [9.17, 15) is 9.59 Å². The number of aromatic nitrogens is 2. The predicted molar refractivity (Wildman–Crippen MR) is 142 cm³/mol. The third-order valence-electron chi connectivity index (χ3n) is 6.26. The number of hydrogen-bond acceptors (Lipinski definition) is 7. The first kappa shape index (κ1) is 25.9. The van der Waals surface area contributed by atoms with Crippen LogP contribution in [-0.4, -0.2) is 41.7 Å². The quantitative estimate of drug-likeness (QED) is 0.272. The fraction of sp³-hybridized carbons (Fsp3) is 0.407. The lowest BCUT2D eigenvalue weighted by Gasteiger charge is -2.22. The maximum absolute atomic E-state index is 13.4. The summed E-state index contributed by atoms with van der Waals surface area (Å²) in [7, 11) is 1.31. The summed E-state index contributed by atoms with van der Waals surface area (Å²) in [6.45, 7) is 3.87. The lowest BCUT2D eigenvalue weighted by atomic mass is 9.88. The normalized spacial score (nSPS) is 15.2. The van der Waals surface area contributed by atoms with Crippen LogP contribution in [0.4, 0.5) is 0 Å². The maximum atomic E-state index is 13.4. The first-order valence-electron chi connectivity index (χ1n) is 12.2. The van der Waals surface area contributed by atoms with Gasteiger partial charge >= 0.3 is 5.97 Å². The summed E-state index contributed by atoms with van der Waals surface area (Å²) in [5, 5.41) is 5.14. The summed E-state index contributed by atoms with van der Waals surface area (Å²) >= 11 is 3.56. The van der Waals surface area contributed by atoms with Gasteiger partial charge in [0.2, 0.25) is 0 Å². The van der Waals surface area contributed by atoms with Crippen molar-refractivity contribution in [3.8, 4) is 11.5 Å². The highest BCUT2D eigenvalue weighted by Crippen LogP contribution is 2.35. The highest BCUT2D eigenvalue weighted by molar-refractivity contribution is 9.10. The topological polar surface area (TPSA) is 92.0 Å². The standard InChI is InChI=1S/C27H30BrN3O5/c1-4-35-23-14-19(21(28)15-24(23)36-17(2)27(33)34-3)16-29-31-25(18-10-6-5-7-11-18)30-22-13-9-8-12-20(22)26(31)32/h8-9,12-18H,4-7,10-11H2,1-3H3/t17-/m1/s1. The van der Waals surface area contributed by atoms with Crippen LogP contribution in [0.15, 0.2) is 50.8 Å². The molecule has 1 aliphatic carbocycles. The van der Waals surface area contributed by atoms with Crippen LogP contribution < -0.4 is 15.0 Å². The van der Waals surface area contributed by atoms with Crippen molar-refractivity contribution in [3.05, 3.63) is 62.6 Å². The zero-order chi connectivity index (χ0) is 25.7. The molecule has 0 bridgehead atoms. The first-order valence-corrected chi connectivity index (χ1v) is 13.0. The van der Waals surface area contributed by atoms with Gasteiger partial charge in [-0.05, 0) is 66.9 Å². The van der Waals surface area contributed by atoms with Crippen LogP contribution in [0.5, 0.6) is 11.5 Å². The van der Waals surface area contributed by atoms with Crippen LogP contribution in [0.3, 0.4) is 0 Å².